The SMILES string of the molecule is COc1cccc(C(=O)N2CC=C(C)CC2)c1O. The van der Waals surface area contributed by atoms with Crippen molar-refractivity contribution in [3.63, 3.8) is 0 Å². The molecule has 0 atom stereocenters. The fourth-order valence-electron chi connectivity index (χ4n) is 1.99. The summed E-state index contributed by atoms with van der Waals surface area (Å²) in [6.45, 7) is 3.35. The standard InChI is InChI=1S/C14H17NO3/c1-10-6-8-15(9-7-10)14(17)11-4-3-5-12(18-2)13(11)16/h3-6,16H,7-9H2,1-2H3. The molecule has 1 amide bonds. The van der Waals surface area contributed by atoms with Crippen molar-refractivity contribution in [3.05, 3.63) is 35.4 Å². The molecule has 0 aromatic heterocycles. The topological polar surface area (TPSA) is 49.8 Å². The van der Waals surface area contributed by atoms with E-state index in [1.165, 1.54) is 12.7 Å². The quantitative estimate of drug-likeness (QED) is 0.815. The van der Waals surface area contributed by atoms with Crippen molar-refractivity contribution in [2.24, 2.45) is 0 Å². The highest BCUT2D eigenvalue weighted by molar-refractivity contribution is 5.97. The van der Waals surface area contributed by atoms with Gasteiger partial charge in [-0.3, -0.25) is 4.79 Å². The summed E-state index contributed by atoms with van der Waals surface area (Å²) >= 11 is 0. The molecule has 1 aliphatic rings. The molecule has 1 heterocycles. The van der Waals surface area contributed by atoms with Gasteiger partial charge in [-0.25, -0.2) is 0 Å². The number of nitrogens with zero attached hydrogens (tertiary/aromatic N) is 1. The van der Waals surface area contributed by atoms with Crippen molar-refractivity contribution < 1.29 is 14.6 Å². The summed E-state index contributed by atoms with van der Waals surface area (Å²) in [5.41, 5.74) is 1.59. The molecule has 1 aromatic rings. The molecular weight excluding hydrogens is 230 g/mol. The van der Waals surface area contributed by atoms with Crippen LogP contribution in [0.5, 0.6) is 11.5 Å². The van der Waals surface area contributed by atoms with E-state index in [2.05, 4.69) is 6.92 Å². The highest BCUT2D eigenvalue weighted by atomic mass is 16.5. The van der Waals surface area contributed by atoms with Crippen LogP contribution in [0.15, 0.2) is 29.8 Å². The highest BCUT2D eigenvalue weighted by Crippen LogP contribution is 2.30. The van der Waals surface area contributed by atoms with E-state index in [1.54, 1.807) is 23.1 Å². The zero-order valence-corrected chi connectivity index (χ0v) is 10.6. The van der Waals surface area contributed by atoms with E-state index in [-0.39, 0.29) is 11.7 Å². The Bertz CT molecular complexity index is 494. The highest BCUT2D eigenvalue weighted by Gasteiger charge is 2.21. The summed E-state index contributed by atoms with van der Waals surface area (Å²) in [6.07, 6.45) is 2.93. The van der Waals surface area contributed by atoms with E-state index in [1.807, 2.05) is 6.08 Å². The van der Waals surface area contributed by atoms with Crippen LogP contribution in [-0.4, -0.2) is 36.1 Å². The predicted molar refractivity (Wildman–Crippen MR) is 68.9 cm³/mol. The fraction of sp³-hybridized carbons (Fsp3) is 0.357. The van der Waals surface area contributed by atoms with Gasteiger partial charge < -0.3 is 14.7 Å². The molecule has 0 saturated heterocycles. The molecule has 2 rings (SSSR count). The molecule has 18 heavy (non-hydrogen) atoms. The van der Waals surface area contributed by atoms with E-state index in [9.17, 15) is 9.90 Å². The zero-order chi connectivity index (χ0) is 13.1. The summed E-state index contributed by atoms with van der Waals surface area (Å²) in [5, 5.41) is 9.95. The van der Waals surface area contributed by atoms with E-state index in [0.29, 0.717) is 24.4 Å². The number of hydrogen-bond donors (Lipinski definition) is 1. The molecule has 1 aliphatic heterocycles. The molecule has 0 fully saturated rings. The third kappa shape index (κ3) is 2.32. The third-order valence-electron chi connectivity index (χ3n) is 3.17. The number of benzene rings is 1. The summed E-state index contributed by atoms with van der Waals surface area (Å²) in [5.74, 6) is 0.0796. The molecule has 1 aromatic carbocycles. The number of methoxy groups -OCH3 is 1. The van der Waals surface area contributed by atoms with Crippen LogP contribution in [-0.2, 0) is 0 Å². The number of carbonyl (C=O) groups excluding carboxylic acids is 1. The van der Waals surface area contributed by atoms with E-state index >= 15 is 0 Å². The molecule has 0 unspecified atom stereocenters. The van der Waals surface area contributed by atoms with E-state index < -0.39 is 0 Å². The lowest BCUT2D eigenvalue weighted by Gasteiger charge is -2.26. The summed E-state index contributed by atoms with van der Waals surface area (Å²) < 4.78 is 5.01. The van der Waals surface area contributed by atoms with Crippen LogP contribution in [0.3, 0.4) is 0 Å². The van der Waals surface area contributed by atoms with Crippen LogP contribution in [0.2, 0.25) is 0 Å². The van der Waals surface area contributed by atoms with Crippen LogP contribution >= 0.6 is 0 Å². The largest absolute Gasteiger partial charge is 0.504 e. The molecule has 0 spiro atoms. The summed E-state index contributed by atoms with van der Waals surface area (Å²) in [7, 11) is 1.47. The predicted octanol–water partition coefficient (Wildman–Crippen LogP) is 2.19. The first-order chi connectivity index (χ1) is 8.63. The van der Waals surface area contributed by atoms with Gasteiger partial charge in [0.1, 0.15) is 0 Å². The van der Waals surface area contributed by atoms with Crippen LogP contribution in [0.1, 0.15) is 23.7 Å². The molecule has 0 radical (unpaired) electrons. The second-order valence-electron chi connectivity index (χ2n) is 4.41. The number of hydrogen-bond acceptors (Lipinski definition) is 3. The van der Waals surface area contributed by atoms with Crippen LogP contribution in [0, 0.1) is 0 Å². The molecule has 0 aliphatic carbocycles. The second kappa shape index (κ2) is 5.12. The molecular formula is C14H17NO3. The minimum Gasteiger partial charge on any atom is -0.504 e. The lowest BCUT2D eigenvalue weighted by molar-refractivity contribution is 0.0765. The van der Waals surface area contributed by atoms with Crippen molar-refractivity contribution in [2.45, 2.75) is 13.3 Å². The van der Waals surface area contributed by atoms with Crippen molar-refractivity contribution in [1.82, 2.24) is 4.90 Å². The van der Waals surface area contributed by atoms with Gasteiger partial charge in [0, 0.05) is 13.1 Å². The molecule has 1 N–H and O–H groups in total. The number of ether oxygens (including phenoxy) is 1. The maximum absolute atomic E-state index is 12.3. The molecule has 96 valence electrons. The summed E-state index contributed by atoms with van der Waals surface area (Å²) in [4.78, 5) is 14.0. The fourth-order valence-corrected chi connectivity index (χ4v) is 1.99. The smallest absolute Gasteiger partial charge is 0.258 e. The zero-order valence-electron chi connectivity index (χ0n) is 10.6. The average molecular weight is 247 g/mol. The van der Waals surface area contributed by atoms with Crippen molar-refractivity contribution in [1.29, 1.82) is 0 Å². The maximum atomic E-state index is 12.3. The molecule has 4 heteroatoms. The Kier molecular flexibility index (Phi) is 3.55. The van der Waals surface area contributed by atoms with Gasteiger partial charge in [-0.05, 0) is 25.5 Å². The van der Waals surface area contributed by atoms with Gasteiger partial charge in [0.15, 0.2) is 11.5 Å². The van der Waals surface area contributed by atoms with Gasteiger partial charge in [-0.1, -0.05) is 17.7 Å². The van der Waals surface area contributed by atoms with Crippen molar-refractivity contribution >= 4 is 5.91 Å². The minimum atomic E-state index is -0.157. The first-order valence-corrected chi connectivity index (χ1v) is 5.94. The van der Waals surface area contributed by atoms with Crippen molar-refractivity contribution in [3.8, 4) is 11.5 Å². The van der Waals surface area contributed by atoms with Gasteiger partial charge >= 0.3 is 0 Å². The Morgan fingerprint density at radius 3 is 2.83 bits per heavy atom. The van der Waals surface area contributed by atoms with Gasteiger partial charge in [0.2, 0.25) is 0 Å². The van der Waals surface area contributed by atoms with E-state index in [4.69, 9.17) is 4.74 Å². The van der Waals surface area contributed by atoms with Crippen LogP contribution in [0.4, 0.5) is 0 Å². The Hall–Kier alpha value is -1.97. The Morgan fingerprint density at radius 2 is 2.22 bits per heavy atom. The number of carbonyl (C=O) groups is 1. The third-order valence-corrected chi connectivity index (χ3v) is 3.17. The Labute approximate surface area is 106 Å². The molecule has 4 nitrogen and oxygen atoms in total. The normalized spacial score (nSPS) is 15.2. The number of phenols is 1. The lowest BCUT2D eigenvalue weighted by Crippen LogP contribution is -2.34. The lowest BCUT2D eigenvalue weighted by atomic mass is 10.1. The number of aromatic hydroxyl groups is 1. The summed E-state index contributed by atoms with van der Waals surface area (Å²) in [6, 6.07) is 4.95. The Balaban J connectivity index is 2.24. The van der Waals surface area contributed by atoms with Gasteiger partial charge in [0.25, 0.3) is 5.91 Å². The van der Waals surface area contributed by atoms with Crippen LogP contribution < -0.4 is 4.74 Å². The number of amides is 1. The number of para-hydroxylation sites is 1. The Morgan fingerprint density at radius 1 is 1.44 bits per heavy atom. The van der Waals surface area contributed by atoms with Crippen molar-refractivity contribution in [2.75, 3.05) is 20.2 Å². The average Bonchev–Trinajstić information content (AvgIpc) is 2.39. The number of rotatable bonds is 2. The van der Waals surface area contributed by atoms with Crippen LogP contribution in [0.25, 0.3) is 0 Å². The monoisotopic (exact) mass is 247 g/mol. The molecule has 0 bridgehead atoms. The minimum absolute atomic E-state index is 0.0868. The van der Waals surface area contributed by atoms with Gasteiger partial charge in [0.05, 0.1) is 12.7 Å². The van der Waals surface area contributed by atoms with E-state index in [0.717, 1.165) is 6.42 Å². The van der Waals surface area contributed by atoms with Gasteiger partial charge in [-0.15, -0.1) is 0 Å². The first-order valence-electron chi connectivity index (χ1n) is 5.94. The molecule has 0 saturated carbocycles. The number of phenolic OH excluding ortho intramolecular Hbond substituents is 1. The van der Waals surface area contributed by atoms with Gasteiger partial charge in [-0.2, -0.15) is 0 Å². The maximum Gasteiger partial charge on any atom is 0.258 e. The first kappa shape index (κ1) is 12.5. The second-order valence-corrected chi connectivity index (χ2v) is 4.41.